The van der Waals surface area contributed by atoms with Crippen molar-refractivity contribution in [3.05, 3.63) is 29.3 Å². The molecule has 1 rings (SSSR count). The minimum Gasteiger partial charge on any atom is -0.308 e. The third-order valence-electron chi connectivity index (χ3n) is 1.48. The van der Waals surface area contributed by atoms with Crippen LogP contribution in [0.3, 0.4) is 0 Å². The molecule has 0 aliphatic heterocycles. The highest BCUT2D eigenvalue weighted by Gasteiger charge is 2.05. The Kier molecular flexibility index (Phi) is 4.39. The fraction of sp³-hybridized carbons (Fsp3) is 0.111. The van der Waals surface area contributed by atoms with E-state index >= 15 is 0 Å². The van der Waals surface area contributed by atoms with Gasteiger partial charge in [-0.15, -0.1) is 11.6 Å². The quantitative estimate of drug-likeness (QED) is 0.787. The van der Waals surface area contributed by atoms with E-state index in [2.05, 4.69) is 5.32 Å². The highest BCUT2D eigenvalue weighted by Crippen LogP contribution is 2.12. The molecule has 0 heterocycles. The zero-order valence-corrected chi connectivity index (χ0v) is 9.10. The van der Waals surface area contributed by atoms with Crippen LogP contribution in [0, 0.1) is 0 Å². The second-order valence-electron chi connectivity index (χ2n) is 2.64. The Morgan fingerprint density at radius 3 is 2.33 bits per heavy atom. The van der Waals surface area contributed by atoms with Gasteiger partial charge in [0.2, 0.25) is 5.91 Å². The molecule has 2 N–H and O–H groups in total. The number of hydrogen-bond donors (Lipinski definition) is 2. The largest absolute Gasteiger partial charge is 0.325 e. The summed E-state index contributed by atoms with van der Waals surface area (Å²) in [4.78, 5) is 21.9. The summed E-state index contributed by atoms with van der Waals surface area (Å²) in [7, 11) is 0. The van der Waals surface area contributed by atoms with E-state index in [0.29, 0.717) is 10.7 Å². The molecule has 0 atom stereocenters. The van der Waals surface area contributed by atoms with E-state index in [9.17, 15) is 9.59 Å². The fourth-order valence-corrected chi connectivity index (χ4v) is 1.05. The Balaban J connectivity index is 2.51. The Bertz CT molecular complexity index is 365. The summed E-state index contributed by atoms with van der Waals surface area (Å²) in [6, 6.07) is 5.87. The van der Waals surface area contributed by atoms with Crippen molar-refractivity contribution in [2.45, 2.75) is 0 Å². The van der Waals surface area contributed by atoms with Crippen molar-refractivity contribution in [1.29, 1.82) is 0 Å². The predicted octanol–water partition coefficient (Wildman–Crippen LogP) is 2.23. The van der Waals surface area contributed by atoms with Crippen LogP contribution < -0.4 is 10.6 Å². The number of anilines is 1. The first-order chi connectivity index (χ1) is 7.11. The Morgan fingerprint density at radius 2 is 1.80 bits per heavy atom. The summed E-state index contributed by atoms with van der Waals surface area (Å²) >= 11 is 10.9. The molecule has 0 aliphatic rings. The average molecular weight is 247 g/mol. The number of alkyl halides is 1. The molecular weight excluding hydrogens is 239 g/mol. The van der Waals surface area contributed by atoms with Crippen molar-refractivity contribution in [3.63, 3.8) is 0 Å². The minimum atomic E-state index is -0.622. The van der Waals surface area contributed by atoms with Gasteiger partial charge in [0.25, 0.3) is 0 Å². The standard InChI is InChI=1S/C9H8Cl2N2O2/c10-5-8(14)13-9(15)12-7-3-1-6(11)2-4-7/h1-4H,5H2,(H2,12,13,14,15). The molecule has 0 saturated heterocycles. The van der Waals surface area contributed by atoms with Crippen LogP contribution in [0.15, 0.2) is 24.3 Å². The van der Waals surface area contributed by atoms with Gasteiger partial charge < -0.3 is 5.32 Å². The van der Waals surface area contributed by atoms with Crippen LogP contribution in [0.2, 0.25) is 5.02 Å². The van der Waals surface area contributed by atoms with Crippen molar-refractivity contribution in [1.82, 2.24) is 5.32 Å². The number of carbonyl (C=O) groups is 2. The van der Waals surface area contributed by atoms with Crippen LogP contribution in [-0.2, 0) is 4.79 Å². The average Bonchev–Trinajstić information content (AvgIpc) is 2.21. The Hall–Kier alpha value is -1.26. The lowest BCUT2D eigenvalue weighted by Crippen LogP contribution is -2.35. The van der Waals surface area contributed by atoms with Gasteiger partial charge in [-0.25, -0.2) is 4.79 Å². The number of nitrogens with one attached hydrogen (secondary N) is 2. The van der Waals surface area contributed by atoms with Crippen LogP contribution in [0.5, 0.6) is 0 Å². The number of carbonyl (C=O) groups excluding carboxylic acids is 2. The molecule has 3 amide bonds. The summed E-state index contributed by atoms with van der Waals surface area (Å²) in [6.07, 6.45) is 0. The van der Waals surface area contributed by atoms with Crippen LogP contribution in [0.1, 0.15) is 0 Å². The molecule has 0 aliphatic carbocycles. The molecule has 80 valence electrons. The molecule has 0 bridgehead atoms. The van der Waals surface area contributed by atoms with Crippen LogP contribution >= 0.6 is 23.2 Å². The molecule has 0 radical (unpaired) electrons. The van der Waals surface area contributed by atoms with Gasteiger partial charge in [0.1, 0.15) is 5.88 Å². The van der Waals surface area contributed by atoms with E-state index in [4.69, 9.17) is 23.2 Å². The lowest BCUT2D eigenvalue weighted by Gasteiger charge is -2.04. The molecule has 4 nitrogen and oxygen atoms in total. The van der Waals surface area contributed by atoms with Crippen molar-refractivity contribution in [2.75, 3.05) is 11.2 Å². The third kappa shape index (κ3) is 4.18. The highest BCUT2D eigenvalue weighted by atomic mass is 35.5. The second kappa shape index (κ2) is 5.58. The molecule has 6 heteroatoms. The summed E-state index contributed by atoms with van der Waals surface area (Å²) in [5.41, 5.74) is 0.541. The summed E-state index contributed by atoms with van der Waals surface area (Å²) in [5, 5.41) is 5.05. The van der Waals surface area contributed by atoms with Gasteiger partial charge in [-0.1, -0.05) is 11.6 Å². The Morgan fingerprint density at radius 1 is 1.20 bits per heavy atom. The van der Waals surface area contributed by atoms with Crippen molar-refractivity contribution >= 4 is 40.8 Å². The summed E-state index contributed by atoms with van der Waals surface area (Å²) in [5.74, 6) is -0.809. The fourth-order valence-electron chi connectivity index (χ4n) is 0.856. The van der Waals surface area contributed by atoms with Crippen molar-refractivity contribution in [3.8, 4) is 0 Å². The van der Waals surface area contributed by atoms with Gasteiger partial charge in [-0.3, -0.25) is 10.1 Å². The maximum Gasteiger partial charge on any atom is 0.325 e. The number of benzene rings is 1. The monoisotopic (exact) mass is 246 g/mol. The number of amides is 3. The maximum atomic E-state index is 11.1. The summed E-state index contributed by atoms with van der Waals surface area (Å²) in [6.45, 7) is 0. The van der Waals surface area contributed by atoms with E-state index in [1.54, 1.807) is 24.3 Å². The Labute approximate surface area is 96.6 Å². The molecule has 1 aromatic rings. The van der Waals surface area contributed by atoms with Crippen LogP contribution in [-0.4, -0.2) is 17.8 Å². The van der Waals surface area contributed by atoms with Crippen LogP contribution in [0.25, 0.3) is 0 Å². The molecular formula is C9H8Cl2N2O2. The molecule has 0 fully saturated rings. The predicted molar refractivity (Wildman–Crippen MR) is 59.3 cm³/mol. The zero-order chi connectivity index (χ0) is 11.3. The minimum absolute atomic E-state index is 0.256. The molecule has 0 spiro atoms. The normalized spacial score (nSPS) is 9.47. The van der Waals surface area contributed by atoms with Gasteiger partial charge in [-0.2, -0.15) is 0 Å². The molecule has 0 saturated carbocycles. The van der Waals surface area contributed by atoms with Crippen molar-refractivity contribution < 1.29 is 9.59 Å². The van der Waals surface area contributed by atoms with Gasteiger partial charge in [-0.05, 0) is 24.3 Å². The zero-order valence-electron chi connectivity index (χ0n) is 7.59. The van der Waals surface area contributed by atoms with Gasteiger partial charge >= 0.3 is 6.03 Å². The van der Waals surface area contributed by atoms with Gasteiger partial charge in [0.15, 0.2) is 0 Å². The molecule has 0 unspecified atom stereocenters. The van der Waals surface area contributed by atoms with Crippen molar-refractivity contribution in [2.24, 2.45) is 0 Å². The first-order valence-corrected chi connectivity index (χ1v) is 4.95. The van der Waals surface area contributed by atoms with E-state index in [0.717, 1.165) is 0 Å². The number of imide groups is 1. The summed E-state index contributed by atoms with van der Waals surface area (Å²) < 4.78 is 0. The van der Waals surface area contributed by atoms with E-state index in [1.807, 2.05) is 5.32 Å². The van der Waals surface area contributed by atoms with Crippen LogP contribution in [0.4, 0.5) is 10.5 Å². The highest BCUT2D eigenvalue weighted by molar-refractivity contribution is 6.30. The van der Waals surface area contributed by atoms with E-state index in [-0.39, 0.29) is 5.88 Å². The molecule has 0 aromatic heterocycles. The smallest absolute Gasteiger partial charge is 0.308 e. The lowest BCUT2D eigenvalue weighted by molar-refractivity contribution is -0.117. The van der Waals surface area contributed by atoms with Gasteiger partial charge in [0, 0.05) is 10.7 Å². The second-order valence-corrected chi connectivity index (χ2v) is 3.35. The first-order valence-electron chi connectivity index (χ1n) is 4.04. The number of hydrogen-bond acceptors (Lipinski definition) is 2. The molecule has 1 aromatic carbocycles. The SMILES string of the molecule is O=C(CCl)NC(=O)Nc1ccc(Cl)cc1. The van der Waals surface area contributed by atoms with Gasteiger partial charge in [0.05, 0.1) is 0 Å². The third-order valence-corrected chi connectivity index (χ3v) is 1.97. The number of urea groups is 1. The molecule has 15 heavy (non-hydrogen) atoms. The lowest BCUT2D eigenvalue weighted by atomic mass is 10.3. The topological polar surface area (TPSA) is 58.2 Å². The van der Waals surface area contributed by atoms with E-state index < -0.39 is 11.9 Å². The number of halogens is 2. The maximum absolute atomic E-state index is 11.1. The first kappa shape index (κ1) is 11.8. The van der Waals surface area contributed by atoms with E-state index in [1.165, 1.54) is 0 Å². The number of rotatable bonds is 2.